The second-order valence-electron chi connectivity index (χ2n) is 4.78. The summed E-state index contributed by atoms with van der Waals surface area (Å²) in [5, 5.41) is 3.13. The van der Waals surface area contributed by atoms with Gasteiger partial charge in [-0.25, -0.2) is 4.39 Å². The number of hydrogen-bond donors (Lipinski definition) is 1. The maximum atomic E-state index is 13.5. The summed E-state index contributed by atoms with van der Waals surface area (Å²) >= 11 is 0. The van der Waals surface area contributed by atoms with Gasteiger partial charge in [-0.1, -0.05) is 43.7 Å². The Hall–Kier alpha value is -1.67. The van der Waals surface area contributed by atoms with Crippen LogP contribution in [0.2, 0.25) is 0 Å². The molecule has 0 radical (unpaired) electrons. The second-order valence-corrected chi connectivity index (χ2v) is 4.78. The molecule has 0 aromatic heterocycles. The van der Waals surface area contributed by atoms with Gasteiger partial charge in [0.1, 0.15) is 5.82 Å². The summed E-state index contributed by atoms with van der Waals surface area (Å²) in [5.41, 5.74) is 4.50. The SMILES string of the molecule is CCCc1cccc(-c2cc(F)ccc2CNC)c1. The number of nitrogens with one attached hydrogen (secondary N) is 1. The molecule has 0 saturated carbocycles. The summed E-state index contributed by atoms with van der Waals surface area (Å²) in [6, 6.07) is 13.4. The molecule has 1 N–H and O–H groups in total. The Morgan fingerprint density at radius 3 is 2.68 bits per heavy atom. The van der Waals surface area contributed by atoms with Gasteiger partial charge < -0.3 is 5.32 Å². The molecule has 0 amide bonds. The number of aryl methyl sites for hydroxylation is 1. The lowest BCUT2D eigenvalue weighted by Crippen LogP contribution is -2.06. The molecule has 0 aliphatic heterocycles. The van der Waals surface area contributed by atoms with Crippen LogP contribution in [0.1, 0.15) is 24.5 Å². The minimum atomic E-state index is -0.184. The molecule has 1 nitrogen and oxygen atoms in total. The summed E-state index contributed by atoms with van der Waals surface area (Å²) in [7, 11) is 1.90. The highest BCUT2D eigenvalue weighted by Gasteiger charge is 2.07. The Kier molecular flexibility index (Phi) is 4.69. The fourth-order valence-corrected chi connectivity index (χ4v) is 2.35. The molecule has 2 rings (SSSR count). The molecule has 100 valence electrons. The van der Waals surface area contributed by atoms with Gasteiger partial charge in [0.15, 0.2) is 0 Å². The average Bonchev–Trinajstić information content (AvgIpc) is 2.42. The summed E-state index contributed by atoms with van der Waals surface area (Å²) in [4.78, 5) is 0. The van der Waals surface area contributed by atoms with E-state index >= 15 is 0 Å². The molecule has 2 aromatic carbocycles. The van der Waals surface area contributed by atoms with Crippen molar-refractivity contribution in [2.75, 3.05) is 7.05 Å². The summed E-state index contributed by atoms with van der Waals surface area (Å²) in [5.74, 6) is -0.184. The van der Waals surface area contributed by atoms with Gasteiger partial charge >= 0.3 is 0 Å². The average molecular weight is 257 g/mol. The Labute approximate surface area is 114 Å². The molecule has 2 aromatic rings. The molecule has 0 bridgehead atoms. The molecule has 19 heavy (non-hydrogen) atoms. The van der Waals surface area contributed by atoms with Crippen LogP contribution < -0.4 is 5.32 Å². The van der Waals surface area contributed by atoms with E-state index in [0.29, 0.717) is 0 Å². The van der Waals surface area contributed by atoms with Crippen molar-refractivity contribution in [1.82, 2.24) is 5.32 Å². The van der Waals surface area contributed by atoms with Crippen molar-refractivity contribution in [3.05, 3.63) is 59.4 Å². The Bertz CT molecular complexity index is 549. The summed E-state index contributed by atoms with van der Waals surface area (Å²) in [6.07, 6.45) is 2.18. The van der Waals surface area contributed by atoms with Gasteiger partial charge in [-0.2, -0.15) is 0 Å². The first-order valence-corrected chi connectivity index (χ1v) is 6.77. The molecular weight excluding hydrogens is 237 g/mol. The summed E-state index contributed by atoms with van der Waals surface area (Å²) in [6.45, 7) is 2.91. The minimum absolute atomic E-state index is 0.184. The number of hydrogen-bond acceptors (Lipinski definition) is 1. The Morgan fingerprint density at radius 2 is 1.95 bits per heavy atom. The van der Waals surface area contributed by atoms with E-state index < -0.39 is 0 Å². The Balaban J connectivity index is 2.44. The van der Waals surface area contributed by atoms with Crippen molar-refractivity contribution in [3.8, 4) is 11.1 Å². The maximum absolute atomic E-state index is 13.5. The van der Waals surface area contributed by atoms with Crippen molar-refractivity contribution in [2.24, 2.45) is 0 Å². The van der Waals surface area contributed by atoms with Crippen LogP contribution in [0.25, 0.3) is 11.1 Å². The third kappa shape index (κ3) is 3.42. The Morgan fingerprint density at radius 1 is 1.11 bits per heavy atom. The lowest BCUT2D eigenvalue weighted by molar-refractivity contribution is 0.627. The standard InChI is InChI=1S/C17H20FN/c1-3-5-13-6-4-7-14(10-13)17-11-16(18)9-8-15(17)12-19-2/h4,6-11,19H,3,5,12H2,1-2H3. The molecule has 0 unspecified atom stereocenters. The van der Waals surface area contributed by atoms with Crippen LogP contribution in [0.3, 0.4) is 0 Å². The third-order valence-corrected chi connectivity index (χ3v) is 3.22. The van der Waals surface area contributed by atoms with Crippen LogP contribution in [0.4, 0.5) is 4.39 Å². The van der Waals surface area contributed by atoms with E-state index in [1.54, 1.807) is 6.07 Å². The van der Waals surface area contributed by atoms with E-state index in [1.807, 2.05) is 25.2 Å². The molecule has 0 fully saturated rings. The first-order chi connectivity index (χ1) is 9.24. The zero-order valence-corrected chi connectivity index (χ0v) is 11.5. The highest BCUT2D eigenvalue weighted by molar-refractivity contribution is 5.68. The largest absolute Gasteiger partial charge is 0.316 e. The molecule has 2 heteroatoms. The fraction of sp³-hybridized carbons (Fsp3) is 0.294. The molecule has 0 saturated heterocycles. The van der Waals surface area contributed by atoms with Crippen molar-refractivity contribution in [3.63, 3.8) is 0 Å². The van der Waals surface area contributed by atoms with Crippen molar-refractivity contribution < 1.29 is 4.39 Å². The highest BCUT2D eigenvalue weighted by atomic mass is 19.1. The molecule has 0 spiro atoms. The van der Waals surface area contributed by atoms with Crippen molar-refractivity contribution >= 4 is 0 Å². The number of rotatable bonds is 5. The van der Waals surface area contributed by atoms with Crippen molar-refractivity contribution in [1.29, 1.82) is 0 Å². The topological polar surface area (TPSA) is 12.0 Å². The first kappa shape index (κ1) is 13.8. The molecule has 0 atom stereocenters. The van der Waals surface area contributed by atoms with Crippen LogP contribution in [0, 0.1) is 5.82 Å². The fourth-order valence-electron chi connectivity index (χ4n) is 2.35. The zero-order valence-electron chi connectivity index (χ0n) is 11.5. The van der Waals surface area contributed by atoms with E-state index in [4.69, 9.17) is 0 Å². The monoisotopic (exact) mass is 257 g/mol. The zero-order chi connectivity index (χ0) is 13.7. The van der Waals surface area contributed by atoms with Gasteiger partial charge in [-0.05, 0) is 47.9 Å². The predicted octanol–water partition coefficient (Wildman–Crippen LogP) is 4.16. The van der Waals surface area contributed by atoms with Gasteiger partial charge in [0, 0.05) is 6.54 Å². The third-order valence-electron chi connectivity index (χ3n) is 3.22. The van der Waals surface area contributed by atoms with Crippen LogP contribution in [0.5, 0.6) is 0 Å². The van der Waals surface area contributed by atoms with E-state index in [-0.39, 0.29) is 5.82 Å². The number of halogens is 1. The van der Waals surface area contributed by atoms with Crippen molar-refractivity contribution in [2.45, 2.75) is 26.3 Å². The van der Waals surface area contributed by atoms with Gasteiger partial charge in [-0.3, -0.25) is 0 Å². The van der Waals surface area contributed by atoms with Gasteiger partial charge in [0.05, 0.1) is 0 Å². The number of benzene rings is 2. The van der Waals surface area contributed by atoms with Crippen LogP contribution >= 0.6 is 0 Å². The lowest BCUT2D eigenvalue weighted by Gasteiger charge is -2.11. The smallest absolute Gasteiger partial charge is 0.123 e. The van der Waals surface area contributed by atoms with Gasteiger partial charge in [0.25, 0.3) is 0 Å². The van der Waals surface area contributed by atoms with Gasteiger partial charge in [0.2, 0.25) is 0 Å². The molecule has 0 aliphatic carbocycles. The first-order valence-electron chi connectivity index (χ1n) is 6.77. The normalized spacial score (nSPS) is 10.7. The minimum Gasteiger partial charge on any atom is -0.316 e. The van der Waals surface area contributed by atoms with Gasteiger partial charge in [-0.15, -0.1) is 0 Å². The van der Waals surface area contributed by atoms with Crippen LogP contribution in [-0.4, -0.2) is 7.05 Å². The van der Waals surface area contributed by atoms with Crippen LogP contribution in [0.15, 0.2) is 42.5 Å². The van der Waals surface area contributed by atoms with E-state index in [1.165, 1.54) is 11.6 Å². The quantitative estimate of drug-likeness (QED) is 0.848. The lowest BCUT2D eigenvalue weighted by atomic mass is 9.97. The summed E-state index contributed by atoms with van der Waals surface area (Å²) < 4.78 is 13.5. The molecule has 0 aliphatic rings. The highest BCUT2D eigenvalue weighted by Crippen LogP contribution is 2.26. The van der Waals surface area contributed by atoms with Crippen LogP contribution in [-0.2, 0) is 13.0 Å². The van der Waals surface area contributed by atoms with E-state index in [0.717, 1.165) is 36.1 Å². The molecular formula is C17H20FN. The second kappa shape index (κ2) is 6.48. The van der Waals surface area contributed by atoms with E-state index in [9.17, 15) is 4.39 Å². The predicted molar refractivity (Wildman–Crippen MR) is 78.6 cm³/mol. The van der Waals surface area contributed by atoms with E-state index in [2.05, 4.69) is 24.4 Å². The maximum Gasteiger partial charge on any atom is 0.123 e. The molecule has 0 heterocycles.